The molecule has 1 aromatic rings. The van der Waals surface area contributed by atoms with Crippen LogP contribution in [0.1, 0.15) is 30.0 Å². The molecule has 0 unspecified atom stereocenters. The number of benzene rings is 1. The van der Waals surface area contributed by atoms with Crippen LogP contribution in [0.15, 0.2) is 12.1 Å². The van der Waals surface area contributed by atoms with Crippen LogP contribution in [0.4, 0.5) is 0 Å². The molecule has 0 aliphatic rings. The first kappa shape index (κ1) is 10.1. The zero-order valence-corrected chi connectivity index (χ0v) is 8.98. The summed E-state index contributed by atoms with van der Waals surface area (Å²) in [6.07, 6.45) is 1.06. The lowest BCUT2D eigenvalue weighted by Gasteiger charge is -2.09. The normalized spacial score (nSPS) is 10.2. The van der Waals surface area contributed by atoms with Crippen LogP contribution in [-0.4, -0.2) is 6.61 Å². The van der Waals surface area contributed by atoms with Gasteiger partial charge in [-0.3, -0.25) is 0 Å². The molecular formula is C12H18O. The van der Waals surface area contributed by atoms with Gasteiger partial charge >= 0.3 is 0 Å². The van der Waals surface area contributed by atoms with Crippen molar-refractivity contribution in [3.63, 3.8) is 0 Å². The van der Waals surface area contributed by atoms with Crippen molar-refractivity contribution in [2.75, 3.05) is 6.61 Å². The maximum atomic E-state index is 5.57. The zero-order chi connectivity index (χ0) is 9.84. The smallest absolute Gasteiger partial charge is 0.119 e. The molecule has 0 radical (unpaired) electrons. The maximum absolute atomic E-state index is 5.57. The van der Waals surface area contributed by atoms with Gasteiger partial charge in [-0.05, 0) is 56.0 Å². The Morgan fingerprint density at radius 1 is 1.08 bits per heavy atom. The van der Waals surface area contributed by atoms with Crippen molar-refractivity contribution in [2.45, 2.75) is 34.1 Å². The minimum Gasteiger partial charge on any atom is -0.494 e. The molecule has 0 heterocycles. The fraction of sp³-hybridized carbons (Fsp3) is 0.500. The molecule has 0 aliphatic carbocycles. The summed E-state index contributed by atoms with van der Waals surface area (Å²) < 4.78 is 5.57. The standard InChI is InChI=1S/C12H18O/c1-5-6-13-12-7-9(2)11(4)10(3)8-12/h7-8H,5-6H2,1-4H3. The lowest BCUT2D eigenvalue weighted by molar-refractivity contribution is 0.317. The highest BCUT2D eigenvalue weighted by atomic mass is 16.5. The van der Waals surface area contributed by atoms with E-state index in [2.05, 4.69) is 39.8 Å². The van der Waals surface area contributed by atoms with Crippen molar-refractivity contribution in [1.82, 2.24) is 0 Å². The van der Waals surface area contributed by atoms with Crippen molar-refractivity contribution in [1.29, 1.82) is 0 Å². The summed E-state index contributed by atoms with van der Waals surface area (Å²) in [6, 6.07) is 4.22. The molecule has 0 spiro atoms. The van der Waals surface area contributed by atoms with Crippen LogP contribution in [0.2, 0.25) is 0 Å². The molecule has 13 heavy (non-hydrogen) atoms. The predicted molar refractivity (Wildman–Crippen MR) is 56.4 cm³/mol. The van der Waals surface area contributed by atoms with Crippen LogP contribution in [0.5, 0.6) is 5.75 Å². The SMILES string of the molecule is CCCOc1cc(C)c(C)c(C)c1. The van der Waals surface area contributed by atoms with Crippen LogP contribution in [-0.2, 0) is 0 Å². The third kappa shape index (κ3) is 2.48. The Balaban J connectivity index is 2.86. The van der Waals surface area contributed by atoms with E-state index in [1.54, 1.807) is 0 Å². The van der Waals surface area contributed by atoms with Crippen LogP contribution < -0.4 is 4.74 Å². The molecule has 0 aromatic heterocycles. The average Bonchev–Trinajstić information content (AvgIpc) is 2.10. The summed E-state index contributed by atoms with van der Waals surface area (Å²) in [5, 5.41) is 0. The minimum absolute atomic E-state index is 0.807. The van der Waals surface area contributed by atoms with E-state index in [0.717, 1.165) is 18.8 Å². The number of hydrogen-bond acceptors (Lipinski definition) is 1. The van der Waals surface area contributed by atoms with Crippen molar-refractivity contribution in [3.05, 3.63) is 28.8 Å². The van der Waals surface area contributed by atoms with Gasteiger partial charge in [-0.1, -0.05) is 6.92 Å². The molecule has 0 aliphatic heterocycles. The largest absolute Gasteiger partial charge is 0.494 e. The number of hydrogen-bond donors (Lipinski definition) is 0. The second-order valence-electron chi connectivity index (χ2n) is 3.53. The summed E-state index contributed by atoms with van der Waals surface area (Å²) >= 11 is 0. The first-order chi connectivity index (χ1) is 6.15. The fourth-order valence-electron chi connectivity index (χ4n) is 1.30. The summed E-state index contributed by atoms with van der Waals surface area (Å²) in [5.41, 5.74) is 3.99. The summed E-state index contributed by atoms with van der Waals surface area (Å²) in [7, 11) is 0. The molecule has 0 fully saturated rings. The Kier molecular flexibility index (Phi) is 3.35. The summed E-state index contributed by atoms with van der Waals surface area (Å²) in [4.78, 5) is 0. The van der Waals surface area contributed by atoms with E-state index in [4.69, 9.17) is 4.74 Å². The molecule has 0 N–H and O–H groups in total. The number of ether oxygens (including phenoxy) is 1. The van der Waals surface area contributed by atoms with E-state index >= 15 is 0 Å². The first-order valence-electron chi connectivity index (χ1n) is 4.85. The predicted octanol–water partition coefficient (Wildman–Crippen LogP) is 3.40. The minimum atomic E-state index is 0.807. The van der Waals surface area contributed by atoms with E-state index in [1.807, 2.05) is 0 Å². The Bertz CT molecular complexity index is 266. The van der Waals surface area contributed by atoms with Crippen molar-refractivity contribution >= 4 is 0 Å². The second kappa shape index (κ2) is 4.31. The Hall–Kier alpha value is -0.980. The highest BCUT2D eigenvalue weighted by Gasteiger charge is 2.00. The van der Waals surface area contributed by atoms with E-state index in [-0.39, 0.29) is 0 Å². The molecule has 0 atom stereocenters. The van der Waals surface area contributed by atoms with E-state index in [9.17, 15) is 0 Å². The molecule has 1 heteroatoms. The molecule has 0 saturated carbocycles. The van der Waals surface area contributed by atoms with Gasteiger partial charge in [-0.2, -0.15) is 0 Å². The third-order valence-corrected chi connectivity index (χ3v) is 2.37. The Labute approximate surface area is 80.7 Å². The average molecular weight is 178 g/mol. The molecule has 0 bridgehead atoms. The lowest BCUT2D eigenvalue weighted by atomic mass is 10.0. The van der Waals surface area contributed by atoms with Gasteiger partial charge in [0.25, 0.3) is 0 Å². The van der Waals surface area contributed by atoms with Crippen LogP contribution in [0, 0.1) is 20.8 Å². The molecule has 1 aromatic carbocycles. The molecule has 1 nitrogen and oxygen atoms in total. The Morgan fingerprint density at radius 2 is 1.62 bits per heavy atom. The van der Waals surface area contributed by atoms with Gasteiger partial charge in [-0.25, -0.2) is 0 Å². The lowest BCUT2D eigenvalue weighted by Crippen LogP contribution is -1.97. The van der Waals surface area contributed by atoms with E-state index < -0.39 is 0 Å². The van der Waals surface area contributed by atoms with Gasteiger partial charge < -0.3 is 4.74 Å². The highest BCUT2D eigenvalue weighted by molar-refractivity contribution is 5.40. The van der Waals surface area contributed by atoms with Crippen LogP contribution >= 0.6 is 0 Å². The molecule has 0 saturated heterocycles. The molecule has 0 amide bonds. The molecule has 72 valence electrons. The van der Waals surface area contributed by atoms with Gasteiger partial charge in [0.05, 0.1) is 6.61 Å². The number of aryl methyl sites for hydroxylation is 2. The van der Waals surface area contributed by atoms with E-state index in [0.29, 0.717) is 0 Å². The van der Waals surface area contributed by atoms with Gasteiger partial charge in [0.15, 0.2) is 0 Å². The first-order valence-corrected chi connectivity index (χ1v) is 4.85. The van der Waals surface area contributed by atoms with Crippen LogP contribution in [0.3, 0.4) is 0 Å². The maximum Gasteiger partial charge on any atom is 0.119 e. The quantitative estimate of drug-likeness (QED) is 0.689. The fourth-order valence-corrected chi connectivity index (χ4v) is 1.30. The van der Waals surface area contributed by atoms with Crippen LogP contribution in [0.25, 0.3) is 0 Å². The Morgan fingerprint density at radius 3 is 2.08 bits per heavy atom. The van der Waals surface area contributed by atoms with Crippen molar-refractivity contribution < 1.29 is 4.74 Å². The van der Waals surface area contributed by atoms with Gasteiger partial charge in [-0.15, -0.1) is 0 Å². The zero-order valence-electron chi connectivity index (χ0n) is 8.98. The van der Waals surface area contributed by atoms with Crippen molar-refractivity contribution in [3.8, 4) is 5.75 Å². The van der Waals surface area contributed by atoms with Gasteiger partial charge in [0, 0.05) is 0 Å². The number of rotatable bonds is 3. The molecular weight excluding hydrogens is 160 g/mol. The third-order valence-electron chi connectivity index (χ3n) is 2.37. The highest BCUT2D eigenvalue weighted by Crippen LogP contribution is 2.20. The summed E-state index contributed by atoms with van der Waals surface area (Å²) in [6.45, 7) is 9.33. The van der Waals surface area contributed by atoms with Crippen molar-refractivity contribution in [2.24, 2.45) is 0 Å². The molecule has 1 rings (SSSR count). The topological polar surface area (TPSA) is 9.23 Å². The summed E-state index contributed by atoms with van der Waals surface area (Å²) in [5.74, 6) is 1.00. The van der Waals surface area contributed by atoms with E-state index in [1.165, 1.54) is 16.7 Å². The second-order valence-corrected chi connectivity index (χ2v) is 3.53. The van der Waals surface area contributed by atoms with Gasteiger partial charge in [0.1, 0.15) is 5.75 Å². The monoisotopic (exact) mass is 178 g/mol. The van der Waals surface area contributed by atoms with Gasteiger partial charge in [0.2, 0.25) is 0 Å².